The highest BCUT2D eigenvalue weighted by Crippen LogP contribution is 2.52. The first-order valence-corrected chi connectivity index (χ1v) is 6.88. The zero-order valence-electron chi connectivity index (χ0n) is 11.5. The number of benzene rings is 2. The molecule has 2 heterocycles. The summed E-state index contributed by atoms with van der Waals surface area (Å²) >= 11 is 0. The maximum Gasteiger partial charge on any atom is 0.306 e. The van der Waals surface area contributed by atoms with Gasteiger partial charge in [0, 0.05) is 11.8 Å². The summed E-state index contributed by atoms with van der Waals surface area (Å²) in [4.78, 5) is 4.19. The maximum absolute atomic E-state index is 15.0. The highest BCUT2D eigenvalue weighted by molar-refractivity contribution is 5.71. The summed E-state index contributed by atoms with van der Waals surface area (Å²) < 4.78 is 35.7. The van der Waals surface area contributed by atoms with Gasteiger partial charge in [0.05, 0.1) is 16.8 Å². The molecular weight excluding hydrogens is 284 g/mol. The number of hydrogen-bond acceptors (Lipinski definition) is 2. The molecule has 0 spiro atoms. The van der Waals surface area contributed by atoms with E-state index in [1.165, 1.54) is 6.07 Å². The van der Waals surface area contributed by atoms with Gasteiger partial charge in [-0.05, 0) is 30.3 Å². The number of para-hydroxylation sites is 1. The number of alkyl halides is 2. The zero-order valence-corrected chi connectivity index (χ0v) is 11.5. The van der Waals surface area contributed by atoms with Gasteiger partial charge in [-0.3, -0.25) is 4.98 Å². The topological polar surface area (TPSA) is 22.1 Å². The summed E-state index contributed by atoms with van der Waals surface area (Å²) in [5.41, 5.74) is 0.637. The average Bonchev–Trinajstić information content (AvgIpc) is 2.55. The number of nitrogens with zero attached hydrogens (tertiary/aromatic N) is 1. The second-order valence-corrected chi connectivity index (χ2v) is 5.07. The molecule has 4 rings (SSSR count). The second-order valence-electron chi connectivity index (χ2n) is 5.07. The molecule has 0 atom stereocenters. The lowest BCUT2D eigenvalue weighted by atomic mass is 9.90. The normalized spacial score (nSPS) is 14.6. The van der Waals surface area contributed by atoms with Crippen LogP contribution in [-0.4, -0.2) is 4.98 Å². The second kappa shape index (κ2) is 4.63. The molecule has 0 fully saturated rings. The smallest absolute Gasteiger partial charge is 0.306 e. The van der Waals surface area contributed by atoms with E-state index < -0.39 is 5.92 Å². The third-order valence-corrected chi connectivity index (χ3v) is 3.73. The Hall–Kier alpha value is -2.75. The lowest BCUT2D eigenvalue weighted by Gasteiger charge is -2.29. The lowest BCUT2D eigenvalue weighted by molar-refractivity contribution is 0.0328. The Bertz CT molecular complexity index is 847. The van der Waals surface area contributed by atoms with Crippen molar-refractivity contribution in [3.8, 4) is 22.8 Å². The molecule has 0 bridgehead atoms. The molecule has 0 amide bonds. The van der Waals surface area contributed by atoms with Gasteiger partial charge in [-0.25, -0.2) is 0 Å². The molecule has 4 heteroatoms. The number of halogens is 2. The standard InChI is InChI=1S/C18H11F2NO/c19-18(20)13-7-1-2-9-15(13)22-16-10-5-6-12(17(16)18)14-8-3-4-11-21-14/h1-11H. The Labute approximate surface area is 126 Å². The van der Waals surface area contributed by atoms with E-state index in [9.17, 15) is 0 Å². The Morgan fingerprint density at radius 1 is 0.818 bits per heavy atom. The summed E-state index contributed by atoms with van der Waals surface area (Å²) in [6, 6.07) is 16.4. The number of hydrogen-bond donors (Lipinski definition) is 0. The van der Waals surface area contributed by atoms with Crippen LogP contribution in [0.15, 0.2) is 66.9 Å². The minimum atomic E-state index is -3.13. The van der Waals surface area contributed by atoms with E-state index in [0.717, 1.165) is 0 Å². The third-order valence-electron chi connectivity index (χ3n) is 3.73. The molecule has 0 unspecified atom stereocenters. The van der Waals surface area contributed by atoms with Crippen LogP contribution in [0, 0.1) is 0 Å². The van der Waals surface area contributed by atoms with E-state index in [0.29, 0.717) is 11.3 Å². The van der Waals surface area contributed by atoms with Gasteiger partial charge < -0.3 is 4.74 Å². The van der Waals surface area contributed by atoms with Crippen LogP contribution in [0.4, 0.5) is 8.78 Å². The van der Waals surface area contributed by atoms with Gasteiger partial charge in [0.15, 0.2) is 0 Å². The molecule has 0 radical (unpaired) electrons. The van der Waals surface area contributed by atoms with Gasteiger partial charge >= 0.3 is 5.92 Å². The summed E-state index contributed by atoms with van der Waals surface area (Å²) in [5.74, 6) is -2.76. The van der Waals surface area contributed by atoms with Crippen molar-refractivity contribution in [2.24, 2.45) is 0 Å². The number of pyridine rings is 1. The summed E-state index contributed by atoms with van der Waals surface area (Å²) in [6.45, 7) is 0. The predicted octanol–water partition coefficient (Wildman–Crippen LogP) is 4.99. The van der Waals surface area contributed by atoms with Crippen LogP contribution < -0.4 is 4.74 Å². The van der Waals surface area contributed by atoms with E-state index in [4.69, 9.17) is 4.74 Å². The molecule has 0 saturated heterocycles. The molecule has 2 aromatic carbocycles. The third kappa shape index (κ3) is 1.80. The lowest BCUT2D eigenvalue weighted by Crippen LogP contribution is -2.22. The Kier molecular flexibility index (Phi) is 2.73. The highest BCUT2D eigenvalue weighted by Gasteiger charge is 2.45. The fourth-order valence-electron chi connectivity index (χ4n) is 2.74. The molecule has 0 aliphatic carbocycles. The van der Waals surface area contributed by atoms with Crippen molar-refractivity contribution in [2.75, 3.05) is 0 Å². The first-order chi connectivity index (χ1) is 10.7. The summed E-state index contributed by atoms with van der Waals surface area (Å²) in [7, 11) is 0. The molecule has 1 aliphatic rings. The van der Waals surface area contributed by atoms with Gasteiger partial charge in [-0.1, -0.05) is 30.3 Å². The summed E-state index contributed by atoms with van der Waals surface area (Å²) in [6.07, 6.45) is 1.59. The monoisotopic (exact) mass is 295 g/mol. The van der Waals surface area contributed by atoms with Crippen molar-refractivity contribution in [2.45, 2.75) is 5.92 Å². The quantitative estimate of drug-likeness (QED) is 0.630. The van der Waals surface area contributed by atoms with Crippen LogP contribution >= 0.6 is 0 Å². The molecule has 22 heavy (non-hydrogen) atoms. The van der Waals surface area contributed by atoms with E-state index in [1.807, 2.05) is 0 Å². The van der Waals surface area contributed by atoms with Gasteiger partial charge in [0.2, 0.25) is 0 Å². The van der Waals surface area contributed by atoms with Crippen LogP contribution in [0.1, 0.15) is 11.1 Å². The Morgan fingerprint density at radius 3 is 2.41 bits per heavy atom. The Morgan fingerprint density at radius 2 is 1.59 bits per heavy atom. The zero-order chi connectivity index (χ0) is 15.2. The van der Waals surface area contributed by atoms with E-state index >= 15 is 8.78 Å². The number of ether oxygens (including phenoxy) is 1. The molecule has 0 N–H and O–H groups in total. The fourth-order valence-corrected chi connectivity index (χ4v) is 2.74. The van der Waals surface area contributed by atoms with Crippen molar-refractivity contribution in [3.63, 3.8) is 0 Å². The van der Waals surface area contributed by atoms with Crippen LogP contribution in [0.2, 0.25) is 0 Å². The largest absolute Gasteiger partial charge is 0.456 e. The maximum atomic E-state index is 15.0. The molecule has 0 saturated carbocycles. The van der Waals surface area contributed by atoms with Crippen molar-refractivity contribution < 1.29 is 13.5 Å². The first kappa shape index (κ1) is 13.0. The van der Waals surface area contributed by atoms with Crippen LogP contribution in [-0.2, 0) is 5.92 Å². The van der Waals surface area contributed by atoms with E-state index in [-0.39, 0.29) is 22.6 Å². The molecule has 1 aromatic heterocycles. The van der Waals surface area contributed by atoms with Crippen molar-refractivity contribution in [1.82, 2.24) is 4.98 Å². The first-order valence-electron chi connectivity index (χ1n) is 6.88. The number of aromatic nitrogens is 1. The molecule has 3 aromatic rings. The van der Waals surface area contributed by atoms with Crippen LogP contribution in [0.3, 0.4) is 0 Å². The molecule has 1 aliphatic heterocycles. The fraction of sp³-hybridized carbons (Fsp3) is 0.0556. The minimum Gasteiger partial charge on any atom is -0.456 e. The van der Waals surface area contributed by atoms with E-state index in [2.05, 4.69) is 4.98 Å². The Balaban J connectivity index is 1.99. The molecular formula is C18H11F2NO. The average molecular weight is 295 g/mol. The van der Waals surface area contributed by atoms with Crippen molar-refractivity contribution in [1.29, 1.82) is 0 Å². The number of fused-ring (bicyclic) bond motifs is 2. The van der Waals surface area contributed by atoms with Gasteiger partial charge in [0.25, 0.3) is 0 Å². The van der Waals surface area contributed by atoms with Gasteiger partial charge in [0.1, 0.15) is 11.5 Å². The van der Waals surface area contributed by atoms with Crippen LogP contribution in [0.25, 0.3) is 11.3 Å². The van der Waals surface area contributed by atoms with Crippen LogP contribution in [0.5, 0.6) is 11.5 Å². The molecule has 108 valence electrons. The predicted molar refractivity (Wildman–Crippen MR) is 79.2 cm³/mol. The highest BCUT2D eigenvalue weighted by atomic mass is 19.3. The molecule has 2 nitrogen and oxygen atoms in total. The van der Waals surface area contributed by atoms with Gasteiger partial charge in [-0.15, -0.1) is 0 Å². The summed E-state index contributed by atoms with van der Waals surface area (Å²) in [5, 5.41) is 0. The van der Waals surface area contributed by atoms with Gasteiger partial charge in [-0.2, -0.15) is 8.78 Å². The van der Waals surface area contributed by atoms with E-state index in [1.54, 1.807) is 60.8 Å². The SMILES string of the molecule is FC1(F)c2ccccc2Oc2cccc(-c3ccccn3)c21. The van der Waals surface area contributed by atoms with Crippen molar-refractivity contribution in [3.05, 3.63) is 78.0 Å². The minimum absolute atomic E-state index is 0.120. The number of rotatable bonds is 1. The van der Waals surface area contributed by atoms with Crippen molar-refractivity contribution >= 4 is 0 Å².